The molecule has 29 heavy (non-hydrogen) atoms. The summed E-state index contributed by atoms with van der Waals surface area (Å²) in [6.07, 6.45) is 1.82. The van der Waals surface area contributed by atoms with E-state index in [0.29, 0.717) is 19.7 Å². The van der Waals surface area contributed by atoms with Crippen molar-refractivity contribution in [2.45, 2.75) is 24.2 Å². The SMILES string of the molecule is COCCN(CCCc1ccccc1)C(=O)CCNS(=O)(=O)c1ccc(Br)cc1. The van der Waals surface area contributed by atoms with Crippen LogP contribution in [0.5, 0.6) is 0 Å². The van der Waals surface area contributed by atoms with Gasteiger partial charge in [0.15, 0.2) is 0 Å². The molecule has 1 amide bonds. The maximum atomic E-state index is 12.6. The summed E-state index contributed by atoms with van der Waals surface area (Å²) in [5.74, 6) is -0.0892. The topological polar surface area (TPSA) is 75.7 Å². The van der Waals surface area contributed by atoms with E-state index in [4.69, 9.17) is 4.74 Å². The van der Waals surface area contributed by atoms with Crippen LogP contribution >= 0.6 is 15.9 Å². The quantitative estimate of drug-likeness (QED) is 0.503. The van der Waals surface area contributed by atoms with Crippen molar-refractivity contribution in [3.05, 3.63) is 64.6 Å². The Hall–Kier alpha value is -1.74. The normalized spacial score (nSPS) is 11.4. The molecule has 0 heterocycles. The molecule has 2 rings (SSSR count). The molecule has 0 spiro atoms. The summed E-state index contributed by atoms with van der Waals surface area (Å²) in [5, 5.41) is 0. The van der Waals surface area contributed by atoms with Gasteiger partial charge in [0.05, 0.1) is 11.5 Å². The van der Waals surface area contributed by atoms with E-state index < -0.39 is 10.0 Å². The number of amides is 1. The molecule has 0 saturated heterocycles. The summed E-state index contributed by atoms with van der Waals surface area (Å²) in [6.45, 7) is 1.60. The smallest absolute Gasteiger partial charge is 0.240 e. The van der Waals surface area contributed by atoms with E-state index in [1.165, 1.54) is 17.7 Å². The number of rotatable bonds is 12. The molecule has 1 N–H and O–H groups in total. The molecule has 0 aliphatic carbocycles. The Bertz CT molecular complexity index is 858. The number of hydrogen-bond donors (Lipinski definition) is 1. The molecule has 0 radical (unpaired) electrons. The molecule has 6 nitrogen and oxygen atoms in total. The third kappa shape index (κ3) is 8.26. The van der Waals surface area contributed by atoms with Crippen LogP contribution in [0.15, 0.2) is 64.0 Å². The molecular weight excluding hydrogens is 456 g/mol. The Morgan fingerprint density at radius 1 is 1.07 bits per heavy atom. The zero-order chi connectivity index (χ0) is 21.1. The minimum absolute atomic E-state index is 0.0550. The summed E-state index contributed by atoms with van der Waals surface area (Å²) >= 11 is 3.28. The van der Waals surface area contributed by atoms with Crippen LogP contribution in [0.3, 0.4) is 0 Å². The van der Waals surface area contributed by atoms with Gasteiger partial charge in [-0.1, -0.05) is 46.3 Å². The number of sulfonamides is 1. The van der Waals surface area contributed by atoms with Gasteiger partial charge < -0.3 is 9.64 Å². The average Bonchev–Trinajstić information content (AvgIpc) is 2.71. The molecule has 2 aromatic carbocycles. The monoisotopic (exact) mass is 482 g/mol. The number of nitrogens with one attached hydrogen (secondary N) is 1. The second kappa shape index (κ2) is 12.1. The second-order valence-electron chi connectivity index (χ2n) is 6.56. The minimum Gasteiger partial charge on any atom is -0.383 e. The van der Waals surface area contributed by atoms with Crippen LogP contribution in [-0.4, -0.2) is 52.6 Å². The lowest BCUT2D eigenvalue weighted by Crippen LogP contribution is -2.37. The Balaban J connectivity index is 1.84. The Labute approximate surface area is 181 Å². The molecule has 0 aliphatic heterocycles. The molecular formula is C21H27BrN2O4S. The fraction of sp³-hybridized carbons (Fsp3) is 0.381. The number of halogens is 1. The molecule has 158 valence electrons. The van der Waals surface area contributed by atoms with Crippen molar-refractivity contribution in [3.63, 3.8) is 0 Å². The third-order valence-corrected chi connectivity index (χ3v) is 6.41. The van der Waals surface area contributed by atoms with Gasteiger partial charge in [-0.3, -0.25) is 4.79 Å². The van der Waals surface area contributed by atoms with E-state index in [9.17, 15) is 13.2 Å². The molecule has 2 aromatic rings. The van der Waals surface area contributed by atoms with Crippen molar-refractivity contribution in [1.82, 2.24) is 9.62 Å². The number of hydrogen-bond acceptors (Lipinski definition) is 4. The van der Waals surface area contributed by atoms with Crippen molar-refractivity contribution in [2.75, 3.05) is 33.4 Å². The highest BCUT2D eigenvalue weighted by molar-refractivity contribution is 9.10. The molecule has 0 aromatic heterocycles. The van der Waals surface area contributed by atoms with Crippen molar-refractivity contribution in [1.29, 1.82) is 0 Å². The summed E-state index contributed by atoms with van der Waals surface area (Å²) in [5.41, 5.74) is 1.23. The first-order chi connectivity index (χ1) is 13.9. The number of carbonyl (C=O) groups is 1. The molecule has 0 bridgehead atoms. The fourth-order valence-corrected chi connectivity index (χ4v) is 4.13. The first-order valence-electron chi connectivity index (χ1n) is 9.48. The van der Waals surface area contributed by atoms with Crippen LogP contribution in [0.1, 0.15) is 18.4 Å². The molecule has 0 aliphatic rings. The number of benzene rings is 2. The van der Waals surface area contributed by atoms with Gasteiger partial charge in [-0.25, -0.2) is 13.1 Å². The standard InChI is InChI=1S/C21H27BrN2O4S/c1-28-17-16-24(15-5-8-18-6-3-2-4-7-18)21(25)13-14-23-29(26,27)20-11-9-19(22)10-12-20/h2-4,6-7,9-12,23H,5,8,13-17H2,1H3. The van der Waals surface area contributed by atoms with Crippen LogP contribution in [-0.2, 0) is 26.0 Å². The minimum atomic E-state index is -3.63. The van der Waals surface area contributed by atoms with E-state index >= 15 is 0 Å². The van der Waals surface area contributed by atoms with Gasteiger partial charge in [0.25, 0.3) is 0 Å². The van der Waals surface area contributed by atoms with Crippen LogP contribution in [0.4, 0.5) is 0 Å². The van der Waals surface area contributed by atoms with Crippen molar-refractivity contribution in [2.24, 2.45) is 0 Å². The van der Waals surface area contributed by atoms with E-state index in [-0.39, 0.29) is 23.8 Å². The molecule has 0 unspecified atom stereocenters. The Kier molecular flexibility index (Phi) is 9.80. The summed E-state index contributed by atoms with van der Waals surface area (Å²) in [6, 6.07) is 16.5. The highest BCUT2D eigenvalue weighted by atomic mass is 79.9. The van der Waals surface area contributed by atoms with E-state index in [0.717, 1.165) is 17.3 Å². The maximum Gasteiger partial charge on any atom is 0.240 e. The first-order valence-corrected chi connectivity index (χ1v) is 11.8. The van der Waals surface area contributed by atoms with Crippen molar-refractivity contribution < 1.29 is 17.9 Å². The largest absolute Gasteiger partial charge is 0.383 e. The van der Waals surface area contributed by atoms with Crippen molar-refractivity contribution >= 4 is 31.9 Å². The van der Waals surface area contributed by atoms with Gasteiger partial charge in [0.2, 0.25) is 15.9 Å². The zero-order valence-electron chi connectivity index (χ0n) is 16.5. The molecule has 8 heteroatoms. The lowest BCUT2D eigenvalue weighted by atomic mass is 10.1. The highest BCUT2D eigenvalue weighted by Crippen LogP contribution is 2.14. The average molecular weight is 483 g/mol. The summed E-state index contributed by atoms with van der Waals surface area (Å²) < 4.78 is 33.1. The number of carbonyl (C=O) groups excluding carboxylic acids is 1. The first kappa shape index (κ1) is 23.5. The van der Waals surface area contributed by atoms with Crippen LogP contribution in [0.25, 0.3) is 0 Å². The summed E-state index contributed by atoms with van der Waals surface area (Å²) in [7, 11) is -2.04. The van der Waals surface area contributed by atoms with E-state index in [1.807, 2.05) is 18.2 Å². The maximum absolute atomic E-state index is 12.6. The van der Waals surface area contributed by atoms with Crippen LogP contribution in [0.2, 0.25) is 0 Å². The third-order valence-electron chi connectivity index (χ3n) is 4.41. The van der Waals surface area contributed by atoms with Gasteiger partial charge in [0, 0.05) is 37.6 Å². The lowest BCUT2D eigenvalue weighted by Gasteiger charge is -2.22. The van der Waals surface area contributed by atoms with Gasteiger partial charge in [-0.2, -0.15) is 0 Å². The lowest BCUT2D eigenvalue weighted by molar-refractivity contribution is -0.131. The fourth-order valence-electron chi connectivity index (χ4n) is 2.83. The van der Waals surface area contributed by atoms with Crippen LogP contribution in [0, 0.1) is 0 Å². The Morgan fingerprint density at radius 2 is 1.76 bits per heavy atom. The van der Waals surface area contributed by atoms with Crippen LogP contribution < -0.4 is 4.72 Å². The Morgan fingerprint density at radius 3 is 2.41 bits per heavy atom. The predicted molar refractivity (Wildman–Crippen MR) is 117 cm³/mol. The van der Waals surface area contributed by atoms with Gasteiger partial charge >= 0.3 is 0 Å². The molecule has 0 fully saturated rings. The number of ether oxygens (including phenoxy) is 1. The number of methoxy groups -OCH3 is 1. The van der Waals surface area contributed by atoms with E-state index in [2.05, 4.69) is 32.8 Å². The number of aryl methyl sites for hydroxylation is 1. The zero-order valence-corrected chi connectivity index (χ0v) is 18.9. The summed E-state index contributed by atoms with van der Waals surface area (Å²) in [4.78, 5) is 14.5. The van der Waals surface area contributed by atoms with Gasteiger partial charge in [-0.15, -0.1) is 0 Å². The molecule has 0 saturated carbocycles. The van der Waals surface area contributed by atoms with Crippen molar-refractivity contribution in [3.8, 4) is 0 Å². The van der Waals surface area contributed by atoms with E-state index in [1.54, 1.807) is 24.1 Å². The molecule has 0 atom stereocenters. The predicted octanol–water partition coefficient (Wildman–Crippen LogP) is 3.23. The highest BCUT2D eigenvalue weighted by Gasteiger charge is 2.17. The second-order valence-corrected chi connectivity index (χ2v) is 9.25. The number of nitrogens with zero attached hydrogens (tertiary/aromatic N) is 1. The van der Waals surface area contributed by atoms with Gasteiger partial charge in [-0.05, 0) is 42.7 Å². The van der Waals surface area contributed by atoms with Gasteiger partial charge in [0.1, 0.15) is 0 Å².